The first-order valence-electron chi connectivity index (χ1n) is 6.33. The zero-order valence-corrected chi connectivity index (χ0v) is 10.5. The van der Waals surface area contributed by atoms with Crippen LogP contribution in [0.2, 0.25) is 0 Å². The van der Waals surface area contributed by atoms with E-state index >= 15 is 0 Å². The van der Waals surface area contributed by atoms with Crippen LogP contribution in [-0.2, 0) is 6.54 Å². The summed E-state index contributed by atoms with van der Waals surface area (Å²) in [6, 6.07) is 8.12. The fraction of sp³-hybridized carbons (Fsp3) is 0.214. The Morgan fingerprint density at radius 1 is 1.21 bits per heavy atom. The molecule has 2 heterocycles. The van der Waals surface area contributed by atoms with Crippen LogP contribution in [0.5, 0.6) is 0 Å². The first kappa shape index (κ1) is 11.6. The molecule has 0 saturated carbocycles. The maximum Gasteiger partial charge on any atom is 0.156 e. The number of rotatable bonds is 5. The van der Waals surface area contributed by atoms with E-state index in [9.17, 15) is 0 Å². The number of fused-ring (bicyclic) bond motifs is 1. The second-order valence-corrected chi connectivity index (χ2v) is 4.36. The average molecular weight is 253 g/mol. The van der Waals surface area contributed by atoms with Gasteiger partial charge in [0.25, 0.3) is 0 Å². The Bertz CT molecular complexity index is 643. The van der Waals surface area contributed by atoms with Crippen molar-refractivity contribution in [2.45, 2.75) is 13.0 Å². The Morgan fingerprint density at radius 3 is 3.05 bits per heavy atom. The topological polar surface area (TPSA) is 55.6 Å². The van der Waals surface area contributed by atoms with Crippen LogP contribution in [0.4, 0.5) is 5.82 Å². The van der Waals surface area contributed by atoms with Crippen LogP contribution in [0.3, 0.4) is 0 Å². The molecular weight excluding hydrogens is 238 g/mol. The van der Waals surface area contributed by atoms with Crippen molar-refractivity contribution >= 4 is 16.6 Å². The van der Waals surface area contributed by atoms with Gasteiger partial charge in [-0.2, -0.15) is 5.10 Å². The van der Waals surface area contributed by atoms with Gasteiger partial charge < -0.3 is 9.88 Å². The fourth-order valence-corrected chi connectivity index (χ4v) is 2.05. The van der Waals surface area contributed by atoms with Gasteiger partial charge in [-0.3, -0.25) is 0 Å². The summed E-state index contributed by atoms with van der Waals surface area (Å²) in [4.78, 5) is 4.02. The summed E-state index contributed by atoms with van der Waals surface area (Å²) >= 11 is 0. The van der Waals surface area contributed by atoms with E-state index < -0.39 is 0 Å². The Hall–Kier alpha value is -2.43. The lowest BCUT2D eigenvalue weighted by atomic mass is 10.2. The standard InChI is InChI=1S/C14H15N5/c1-2-5-13-12(4-1)10-17-18-14(13)16-6-3-8-19-9-7-15-11-19/h1-2,4-5,7,9-11H,3,6,8H2,(H,16,18). The van der Waals surface area contributed by atoms with Crippen molar-refractivity contribution in [2.24, 2.45) is 0 Å². The summed E-state index contributed by atoms with van der Waals surface area (Å²) in [6.45, 7) is 1.81. The van der Waals surface area contributed by atoms with E-state index in [2.05, 4.69) is 31.1 Å². The Labute approximate surface area is 111 Å². The average Bonchev–Trinajstić information content (AvgIpc) is 2.97. The third-order valence-corrected chi connectivity index (χ3v) is 3.02. The molecule has 5 nitrogen and oxygen atoms in total. The van der Waals surface area contributed by atoms with Crippen molar-refractivity contribution in [1.82, 2.24) is 19.7 Å². The maximum atomic E-state index is 4.16. The highest BCUT2D eigenvalue weighted by molar-refractivity contribution is 5.90. The highest BCUT2D eigenvalue weighted by Gasteiger charge is 2.01. The number of hydrogen-bond donors (Lipinski definition) is 1. The van der Waals surface area contributed by atoms with Gasteiger partial charge in [0.2, 0.25) is 0 Å². The first-order valence-corrected chi connectivity index (χ1v) is 6.33. The summed E-state index contributed by atoms with van der Waals surface area (Å²) in [5.74, 6) is 0.851. The zero-order valence-electron chi connectivity index (χ0n) is 10.5. The van der Waals surface area contributed by atoms with Gasteiger partial charge in [-0.1, -0.05) is 24.3 Å². The van der Waals surface area contributed by atoms with Crippen molar-refractivity contribution in [3.05, 3.63) is 49.2 Å². The van der Waals surface area contributed by atoms with Crippen LogP contribution in [0.25, 0.3) is 10.8 Å². The van der Waals surface area contributed by atoms with Crippen LogP contribution >= 0.6 is 0 Å². The molecule has 0 bridgehead atoms. The van der Waals surface area contributed by atoms with Crippen LogP contribution in [0.1, 0.15) is 6.42 Å². The number of nitrogens with zero attached hydrogens (tertiary/aromatic N) is 4. The third kappa shape index (κ3) is 2.70. The molecule has 3 rings (SSSR count). The van der Waals surface area contributed by atoms with E-state index in [0.29, 0.717) is 0 Å². The monoisotopic (exact) mass is 253 g/mol. The van der Waals surface area contributed by atoms with Gasteiger partial charge in [0, 0.05) is 36.3 Å². The predicted octanol–water partition coefficient (Wildman–Crippen LogP) is 2.33. The molecular formula is C14H15N5. The molecule has 3 aromatic rings. The van der Waals surface area contributed by atoms with Crippen molar-refractivity contribution in [3.8, 4) is 0 Å². The minimum atomic E-state index is 0.851. The first-order chi connectivity index (χ1) is 9.43. The van der Waals surface area contributed by atoms with Crippen LogP contribution in [0, 0.1) is 0 Å². The van der Waals surface area contributed by atoms with Gasteiger partial charge in [-0.25, -0.2) is 4.98 Å². The lowest BCUT2D eigenvalue weighted by molar-refractivity contribution is 0.660. The molecule has 0 aliphatic rings. The summed E-state index contributed by atoms with van der Waals surface area (Å²) in [6.07, 6.45) is 8.40. The number of anilines is 1. The number of hydrogen-bond acceptors (Lipinski definition) is 4. The Kier molecular flexibility index (Phi) is 3.36. The quantitative estimate of drug-likeness (QED) is 0.709. The van der Waals surface area contributed by atoms with Crippen molar-refractivity contribution in [2.75, 3.05) is 11.9 Å². The predicted molar refractivity (Wildman–Crippen MR) is 74.9 cm³/mol. The lowest BCUT2D eigenvalue weighted by Gasteiger charge is -2.07. The van der Waals surface area contributed by atoms with Crippen molar-refractivity contribution in [1.29, 1.82) is 0 Å². The molecule has 0 unspecified atom stereocenters. The van der Waals surface area contributed by atoms with E-state index in [0.717, 1.165) is 36.1 Å². The van der Waals surface area contributed by atoms with Crippen molar-refractivity contribution < 1.29 is 0 Å². The molecule has 19 heavy (non-hydrogen) atoms. The second-order valence-electron chi connectivity index (χ2n) is 4.36. The fourth-order valence-electron chi connectivity index (χ4n) is 2.05. The van der Waals surface area contributed by atoms with E-state index in [1.54, 1.807) is 12.4 Å². The van der Waals surface area contributed by atoms with Crippen LogP contribution in [-0.4, -0.2) is 26.3 Å². The van der Waals surface area contributed by atoms with Gasteiger partial charge in [-0.05, 0) is 6.42 Å². The molecule has 0 radical (unpaired) electrons. The zero-order chi connectivity index (χ0) is 12.9. The van der Waals surface area contributed by atoms with Gasteiger partial charge in [0.1, 0.15) is 0 Å². The van der Waals surface area contributed by atoms with Crippen molar-refractivity contribution in [3.63, 3.8) is 0 Å². The highest BCUT2D eigenvalue weighted by atomic mass is 15.2. The summed E-state index contributed by atoms with van der Waals surface area (Å²) in [5, 5.41) is 13.7. The molecule has 0 aliphatic carbocycles. The van der Waals surface area contributed by atoms with Gasteiger partial charge >= 0.3 is 0 Å². The molecule has 0 atom stereocenters. The van der Waals surface area contributed by atoms with Gasteiger partial charge in [-0.15, -0.1) is 5.10 Å². The maximum absolute atomic E-state index is 4.16. The van der Waals surface area contributed by atoms with E-state index in [4.69, 9.17) is 0 Å². The minimum absolute atomic E-state index is 0.851. The van der Waals surface area contributed by atoms with Crippen LogP contribution in [0.15, 0.2) is 49.2 Å². The minimum Gasteiger partial charge on any atom is -0.368 e. The molecule has 1 aromatic carbocycles. The molecule has 0 aliphatic heterocycles. The molecule has 2 aromatic heterocycles. The number of benzene rings is 1. The molecule has 0 amide bonds. The number of aromatic nitrogens is 4. The Balaban J connectivity index is 1.62. The second kappa shape index (κ2) is 5.48. The normalized spacial score (nSPS) is 10.7. The van der Waals surface area contributed by atoms with E-state index in [-0.39, 0.29) is 0 Å². The van der Waals surface area contributed by atoms with E-state index in [1.807, 2.05) is 30.7 Å². The number of imidazole rings is 1. The Morgan fingerprint density at radius 2 is 2.16 bits per heavy atom. The smallest absolute Gasteiger partial charge is 0.156 e. The SMILES string of the molecule is c1ccc2c(NCCCn3ccnc3)nncc2c1. The molecule has 5 heteroatoms. The number of aryl methyl sites for hydroxylation is 1. The highest BCUT2D eigenvalue weighted by Crippen LogP contribution is 2.18. The lowest BCUT2D eigenvalue weighted by Crippen LogP contribution is -2.07. The molecule has 0 spiro atoms. The summed E-state index contributed by atoms with van der Waals surface area (Å²) in [5.41, 5.74) is 0. The van der Waals surface area contributed by atoms with Gasteiger partial charge in [0.15, 0.2) is 5.82 Å². The van der Waals surface area contributed by atoms with E-state index in [1.165, 1.54) is 0 Å². The molecule has 1 N–H and O–H groups in total. The summed E-state index contributed by atoms with van der Waals surface area (Å²) in [7, 11) is 0. The molecule has 96 valence electrons. The third-order valence-electron chi connectivity index (χ3n) is 3.02. The van der Waals surface area contributed by atoms with Gasteiger partial charge in [0.05, 0.1) is 12.5 Å². The summed E-state index contributed by atoms with van der Waals surface area (Å²) < 4.78 is 2.07. The number of nitrogens with one attached hydrogen (secondary N) is 1. The molecule has 0 fully saturated rings. The molecule has 0 saturated heterocycles. The largest absolute Gasteiger partial charge is 0.368 e. The van der Waals surface area contributed by atoms with Crippen LogP contribution < -0.4 is 5.32 Å².